The number of ether oxygens (including phenoxy) is 2. The fourth-order valence-electron chi connectivity index (χ4n) is 3.31. The molecule has 31 heavy (non-hydrogen) atoms. The average Bonchev–Trinajstić information content (AvgIpc) is 2.66. The van der Waals surface area contributed by atoms with Crippen LogP contribution in [-0.4, -0.2) is 92.5 Å². The smallest absolute Gasteiger partial charge is 0.410 e. The van der Waals surface area contributed by atoms with Crippen LogP contribution in [0.25, 0.3) is 0 Å². The summed E-state index contributed by atoms with van der Waals surface area (Å²) in [6, 6.07) is 0.413. The molecule has 0 aromatic heterocycles. The second kappa shape index (κ2) is 15.9. The molecule has 9 heteroatoms. The summed E-state index contributed by atoms with van der Waals surface area (Å²) in [5, 5.41) is 6.86. The van der Waals surface area contributed by atoms with Gasteiger partial charge in [-0.15, -0.1) is 24.0 Å². The minimum Gasteiger partial charge on any atom is -0.444 e. The van der Waals surface area contributed by atoms with Crippen molar-refractivity contribution in [2.75, 3.05) is 52.9 Å². The van der Waals surface area contributed by atoms with E-state index in [9.17, 15) is 4.79 Å². The highest BCUT2D eigenvalue weighted by Gasteiger charge is 2.22. The number of amides is 1. The van der Waals surface area contributed by atoms with Gasteiger partial charge in [0, 0.05) is 52.4 Å². The van der Waals surface area contributed by atoms with Crippen molar-refractivity contribution in [3.63, 3.8) is 0 Å². The predicted octanol–water partition coefficient (Wildman–Crippen LogP) is 3.31. The molecule has 0 unspecified atom stereocenters. The summed E-state index contributed by atoms with van der Waals surface area (Å²) in [6.45, 7) is 17.7. The molecule has 0 aromatic rings. The number of guanidine groups is 1. The normalized spacial score (nSPS) is 16.1. The Morgan fingerprint density at radius 2 is 1.87 bits per heavy atom. The van der Waals surface area contributed by atoms with Crippen molar-refractivity contribution in [2.45, 2.75) is 78.6 Å². The summed E-state index contributed by atoms with van der Waals surface area (Å²) in [7, 11) is 1.78. The van der Waals surface area contributed by atoms with Crippen LogP contribution in [0, 0.1) is 0 Å². The molecule has 0 spiro atoms. The summed E-state index contributed by atoms with van der Waals surface area (Å²) in [5.41, 5.74) is -0.482. The van der Waals surface area contributed by atoms with E-state index >= 15 is 0 Å². The van der Waals surface area contributed by atoms with Crippen LogP contribution in [0.5, 0.6) is 0 Å². The summed E-state index contributed by atoms with van der Waals surface area (Å²) in [6.07, 6.45) is 3.10. The minimum absolute atomic E-state index is 0. The van der Waals surface area contributed by atoms with Gasteiger partial charge in [-0.2, -0.15) is 0 Å². The van der Waals surface area contributed by atoms with E-state index in [2.05, 4.69) is 41.3 Å². The van der Waals surface area contributed by atoms with Crippen molar-refractivity contribution in [2.24, 2.45) is 4.99 Å². The standard InChI is InChI=1S/C22H45N5O3.HI/c1-8-12-27(21(28)30-22(4,5)6)15-11-24-20(23-7)25-19-9-13-26(14-10-19)16-17-29-18(2)3;/h18-19H,8-17H2,1-7H3,(H2,23,24,25);1H. The van der Waals surface area contributed by atoms with Gasteiger partial charge in [0.25, 0.3) is 0 Å². The molecule has 0 atom stereocenters. The first-order valence-electron chi connectivity index (χ1n) is 11.4. The molecule has 0 aliphatic carbocycles. The number of carbonyl (C=O) groups excluding carboxylic acids is 1. The zero-order chi connectivity index (χ0) is 22.6. The third-order valence-electron chi connectivity index (χ3n) is 4.83. The molecule has 1 rings (SSSR count). The number of likely N-dealkylation sites (tertiary alicyclic amines) is 1. The molecule has 8 nitrogen and oxygen atoms in total. The number of halogens is 1. The third kappa shape index (κ3) is 14.1. The van der Waals surface area contributed by atoms with Crippen LogP contribution in [0.4, 0.5) is 4.79 Å². The van der Waals surface area contributed by atoms with Crippen molar-refractivity contribution in [3.05, 3.63) is 0 Å². The number of aliphatic imine (C=N–C) groups is 1. The molecule has 1 amide bonds. The Bertz CT molecular complexity index is 518. The van der Waals surface area contributed by atoms with Crippen LogP contribution in [0.1, 0.15) is 60.8 Å². The van der Waals surface area contributed by atoms with Crippen LogP contribution in [-0.2, 0) is 9.47 Å². The molecule has 184 valence electrons. The maximum absolute atomic E-state index is 12.4. The SMILES string of the molecule is CCCN(CCNC(=NC)NC1CCN(CCOC(C)C)CC1)C(=O)OC(C)(C)C.I. The lowest BCUT2D eigenvalue weighted by molar-refractivity contribution is 0.0253. The Morgan fingerprint density at radius 1 is 1.23 bits per heavy atom. The van der Waals surface area contributed by atoms with Gasteiger partial charge in [-0.25, -0.2) is 4.79 Å². The van der Waals surface area contributed by atoms with Gasteiger partial charge in [0.1, 0.15) is 5.60 Å². The van der Waals surface area contributed by atoms with E-state index in [1.54, 1.807) is 11.9 Å². The summed E-state index contributed by atoms with van der Waals surface area (Å²) in [4.78, 5) is 20.9. The molecule has 0 saturated carbocycles. The number of piperidine rings is 1. The van der Waals surface area contributed by atoms with Crippen molar-refractivity contribution in [1.29, 1.82) is 0 Å². The fraction of sp³-hybridized carbons (Fsp3) is 0.909. The summed E-state index contributed by atoms with van der Waals surface area (Å²) < 4.78 is 11.2. The monoisotopic (exact) mass is 555 g/mol. The molecule has 1 aliphatic rings. The van der Waals surface area contributed by atoms with E-state index in [1.807, 2.05) is 20.8 Å². The van der Waals surface area contributed by atoms with Crippen molar-refractivity contribution in [3.8, 4) is 0 Å². The molecule has 0 radical (unpaired) electrons. The number of hydrogen-bond donors (Lipinski definition) is 2. The van der Waals surface area contributed by atoms with Gasteiger partial charge in [0.15, 0.2) is 5.96 Å². The first-order chi connectivity index (χ1) is 14.1. The van der Waals surface area contributed by atoms with Gasteiger partial charge in [0.2, 0.25) is 0 Å². The van der Waals surface area contributed by atoms with Crippen LogP contribution in [0.15, 0.2) is 4.99 Å². The molecule has 0 aromatic carbocycles. The second-order valence-corrected chi connectivity index (χ2v) is 9.15. The highest BCUT2D eigenvalue weighted by atomic mass is 127. The van der Waals surface area contributed by atoms with Gasteiger partial charge in [-0.1, -0.05) is 6.92 Å². The molecule has 0 bridgehead atoms. The predicted molar refractivity (Wildman–Crippen MR) is 139 cm³/mol. The zero-order valence-electron chi connectivity index (χ0n) is 20.7. The van der Waals surface area contributed by atoms with E-state index in [-0.39, 0.29) is 30.1 Å². The maximum Gasteiger partial charge on any atom is 0.410 e. The van der Waals surface area contributed by atoms with E-state index < -0.39 is 5.60 Å². The van der Waals surface area contributed by atoms with Gasteiger partial charge in [-0.3, -0.25) is 4.99 Å². The van der Waals surface area contributed by atoms with Crippen LogP contribution in [0.2, 0.25) is 0 Å². The van der Waals surface area contributed by atoms with Gasteiger partial charge >= 0.3 is 6.09 Å². The minimum atomic E-state index is -0.482. The van der Waals surface area contributed by atoms with Crippen molar-refractivity contribution < 1.29 is 14.3 Å². The second-order valence-electron chi connectivity index (χ2n) is 9.15. The van der Waals surface area contributed by atoms with Crippen LogP contribution < -0.4 is 10.6 Å². The average molecular weight is 556 g/mol. The van der Waals surface area contributed by atoms with Gasteiger partial charge in [-0.05, 0) is 53.9 Å². The lowest BCUT2D eigenvalue weighted by Crippen LogP contribution is -2.50. The summed E-state index contributed by atoms with van der Waals surface area (Å²) >= 11 is 0. The fourth-order valence-corrected chi connectivity index (χ4v) is 3.31. The van der Waals surface area contributed by atoms with Crippen LogP contribution >= 0.6 is 24.0 Å². The maximum atomic E-state index is 12.4. The number of nitrogens with zero attached hydrogens (tertiary/aromatic N) is 3. The molecule has 1 heterocycles. The molecular formula is C22H46IN5O3. The molecule has 1 fully saturated rings. The first-order valence-corrected chi connectivity index (χ1v) is 11.4. The van der Waals surface area contributed by atoms with Gasteiger partial charge in [0.05, 0.1) is 12.7 Å². The number of nitrogens with one attached hydrogen (secondary N) is 2. The summed E-state index contributed by atoms with van der Waals surface area (Å²) in [5.74, 6) is 0.789. The Morgan fingerprint density at radius 3 is 2.39 bits per heavy atom. The van der Waals surface area contributed by atoms with E-state index in [0.29, 0.717) is 31.8 Å². The third-order valence-corrected chi connectivity index (χ3v) is 4.83. The van der Waals surface area contributed by atoms with Crippen molar-refractivity contribution in [1.82, 2.24) is 20.4 Å². The Hall–Kier alpha value is -0.810. The quantitative estimate of drug-likeness (QED) is 0.245. The highest BCUT2D eigenvalue weighted by molar-refractivity contribution is 14.0. The Labute approximate surface area is 206 Å². The Balaban J connectivity index is 0.00000900. The van der Waals surface area contributed by atoms with E-state index in [1.165, 1.54) is 0 Å². The zero-order valence-corrected chi connectivity index (χ0v) is 23.0. The highest BCUT2D eigenvalue weighted by Crippen LogP contribution is 2.11. The van der Waals surface area contributed by atoms with Crippen LogP contribution in [0.3, 0.4) is 0 Å². The Kier molecular flexibility index (Phi) is 15.5. The number of carbonyl (C=O) groups is 1. The van der Waals surface area contributed by atoms with Crippen molar-refractivity contribution >= 4 is 36.0 Å². The molecule has 1 aliphatic heterocycles. The lowest BCUT2D eigenvalue weighted by Gasteiger charge is -2.33. The molecule has 1 saturated heterocycles. The lowest BCUT2D eigenvalue weighted by atomic mass is 10.1. The molecule has 2 N–H and O–H groups in total. The van der Waals surface area contributed by atoms with E-state index in [4.69, 9.17) is 9.47 Å². The molecular weight excluding hydrogens is 509 g/mol. The van der Waals surface area contributed by atoms with Gasteiger partial charge < -0.3 is 29.9 Å². The number of rotatable bonds is 10. The topological polar surface area (TPSA) is 78.4 Å². The van der Waals surface area contributed by atoms with E-state index in [0.717, 1.165) is 51.5 Å². The first kappa shape index (κ1) is 30.2. The largest absolute Gasteiger partial charge is 0.444 e. The number of hydrogen-bond acceptors (Lipinski definition) is 5.